The first-order valence-corrected chi connectivity index (χ1v) is 9.88. The molecular formula is C21H24BrNO3. The van der Waals surface area contributed by atoms with E-state index in [0.717, 1.165) is 40.4 Å². The Balaban J connectivity index is 0.000000431. The van der Waals surface area contributed by atoms with Gasteiger partial charge in [0.05, 0.1) is 0 Å². The van der Waals surface area contributed by atoms with Crippen molar-refractivity contribution in [3.8, 4) is 11.1 Å². The maximum absolute atomic E-state index is 12.2. The Morgan fingerprint density at radius 2 is 1.46 bits per heavy atom. The number of halogens is 1. The van der Waals surface area contributed by atoms with Crippen molar-refractivity contribution >= 4 is 27.8 Å². The third-order valence-corrected chi connectivity index (χ3v) is 5.27. The van der Waals surface area contributed by atoms with Gasteiger partial charge in [-0.15, -0.1) is 0 Å². The number of fused-ring (bicyclic) bond motifs is 3. The van der Waals surface area contributed by atoms with E-state index in [1.54, 1.807) is 6.92 Å². The van der Waals surface area contributed by atoms with E-state index in [1.807, 2.05) is 48.5 Å². The van der Waals surface area contributed by atoms with Crippen molar-refractivity contribution in [1.29, 1.82) is 0 Å². The molecule has 0 unspecified atom stereocenters. The molecule has 2 aromatic carbocycles. The molecule has 1 aliphatic carbocycles. The standard InChI is InChI=1S/C18H17BrO2.C3H7NO/c19-12-6-5-11-18(17(20)21)15-9-3-1-7-13(15)14-8-2-4-10-16(14)18;1-2-3(4)5/h1-4,7-10H,5-6,11-12H2,(H,20,21);2H2,1H3,(H2,4,5). The van der Waals surface area contributed by atoms with E-state index in [-0.39, 0.29) is 5.91 Å². The molecule has 1 aliphatic rings. The number of unbranched alkanes of at least 4 members (excludes halogenated alkanes) is 1. The zero-order valence-corrected chi connectivity index (χ0v) is 16.5. The maximum Gasteiger partial charge on any atom is 0.318 e. The highest BCUT2D eigenvalue weighted by Gasteiger charge is 2.48. The first-order valence-electron chi connectivity index (χ1n) is 8.76. The minimum atomic E-state index is -0.893. The summed E-state index contributed by atoms with van der Waals surface area (Å²) in [7, 11) is 0. The lowest BCUT2D eigenvalue weighted by atomic mass is 9.74. The van der Waals surface area contributed by atoms with E-state index in [1.165, 1.54) is 0 Å². The Labute approximate surface area is 162 Å². The molecule has 3 rings (SSSR count). The minimum absolute atomic E-state index is 0.245. The normalized spacial score (nSPS) is 13.2. The first-order chi connectivity index (χ1) is 12.5. The smallest absolute Gasteiger partial charge is 0.318 e. The van der Waals surface area contributed by atoms with Crippen LogP contribution in [0.1, 0.15) is 43.7 Å². The monoisotopic (exact) mass is 417 g/mol. The molecule has 4 nitrogen and oxygen atoms in total. The van der Waals surface area contributed by atoms with Crippen LogP contribution in [0.3, 0.4) is 0 Å². The predicted octanol–water partition coefficient (Wildman–Crippen LogP) is 4.48. The molecular weight excluding hydrogens is 394 g/mol. The SMILES string of the molecule is CCC(N)=O.O=C(O)C1(CCCCBr)c2ccccc2-c2ccccc21. The highest BCUT2D eigenvalue weighted by atomic mass is 79.9. The van der Waals surface area contributed by atoms with Gasteiger partial charge < -0.3 is 10.8 Å². The van der Waals surface area contributed by atoms with Gasteiger partial charge in [-0.2, -0.15) is 0 Å². The van der Waals surface area contributed by atoms with Gasteiger partial charge >= 0.3 is 5.97 Å². The van der Waals surface area contributed by atoms with Gasteiger partial charge in [0.2, 0.25) is 5.91 Å². The lowest BCUT2D eigenvalue weighted by Gasteiger charge is -2.27. The van der Waals surface area contributed by atoms with Crippen LogP contribution < -0.4 is 5.73 Å². The van der Waals surface area contributed by atoms with Crippen molar-refractivity contribution in [3.05, 3.63) is 59.7 Å². The van der Waals surface area contributed by atoms with Crippen LogP contribution in [0, 0.1) is 0 Å². The average molecular weight is 418 g/mol. The molecule has 0 aromatic heterocycles. The summed E-state index contributed by atoms with van der Waals surface area (Å²) in [6.45, 7) is 1.72. The summed E-state index contributed by atoms with van der Waals surface area (Å²) in [5, 5.41) is 11.0. The fraction of sp³-hybridized carbons (Fsp3) is 0.333. The summed E-state index contributed by atoms with van der Waals surface area (Å²) in [5.41, 5.74) is 7.76. The number of carbonyl (C=O) groups excluding carboxylic acids is 1. The number of aliphatic carboxylic acids is 1. The van der Waals surface area contributed by atoms with E-state index < -0.39 is 11.4 Å². The second-order valence-corrected chi connectivity index (χ2v) is 7.06. The number of carbonyl (C=O) groups is 2. The fourth-order valence-corrected chi connectivity index (χ4v) is 3.81. The Morgan fingerprint density at radius 1 is 1.00 bits per heavy atom. The van der Waals surface area contributed by atoms with Gasteiger partial charge in [0.25, 0.3) is 0 Å². The van der Waals surface area contributed by atoms with E-state index in [2.05, 4.69) is 21.7 Å². The summed E-state index contributed by atoms with van der Waals surface area (Å²) in [6, 6.07) is 15.8. The Morgan fingerprint density at radius 3 is 1.85 bits per heavy atom. The lowest BCUT2D eigenvalue weighted by molar-refractivity contribution is -0.142. The van der Waals surface area contributed by atoms with Crippen molar-refractivity contribution in [1.82, 2.24) is 0 Å². The Bertz CT molecular complexity index is 743. The fourth-order valence-electron chi connectivity index (χ4n) is 3.42. The van der Waals surface area contributed by atoms with E-state index >= 15 is 0 Å². The number of alkyl halides is 1. The molecule has 1 amide bonds. The van der Waals surface area contributed by atoms with E-state index in [9.17, 15) is 14.7 Å². The van der Waals surface area contributed by atoms with Crippen LogP contribution in [-0.2, 0) is 15.0 Å². The third kappa shape index (κ3) is 3.83. The number of primary amides is 1. The summed E-state index contributed by atoms with van der Waals surface area (Å²) in [6.07, 6.45) is 2.96. The lowest BCUT2D eigenvalue weighted by Crippen LogP contribution is -2.35. The molecule has 0 bridgehead atoms. The van der Waals surface area contributed by atoms with Crippen molar-refractivity contribution in [2.75, 3.05) is 5.33 Å². The molecule has 0 atom stereocenters. The third-order valence-electron chi connectivity index (χ3n) is 4.71. The van der Waals surface area contributed by atoms with Crippen molar-refractivity contribution in [2.45, 2.75) is 38.0 Å². The van der Waals surface area contributed by atoms with Crippen molar-refractivity contribution in [3.63, 3.8) is 0 Å². The van der Waals surface area contributed by atoms with E-state index in [4.69, 9.17) is 0 Å². The van der Waals surface area contributed by atoms with Crippen LogP contribution in [0.25, 0.3) is 11.1 Å². The van der Waals surface area contributed by atoms with Crippen LogP contribution in [-0.4, -0.2) is 22.3 Å². The van der Waals surface area contributed by atoms with Crippen LogP contribution in [0.4, 0.5) is 0 Å². The molecule has 0 saturated heterocycles. The number of carboxylic acid groups (broad SMARTS) is 1. The Hall–Kier alpha value is -2.14. The first kappa shape index (κ1) is 20.2. The quantitative estimate of drug-likeness (QED) is 0.536. The van der Waals surface area contributed by atoms with Crippen LogP contribution in [0.5, 0.6) is 0 Å². The molecule has 138 valence electrons. The number of rotatable bonds is 6. The number of nitrogens with two attached hydrogens (primary N) is 1. The molecule has 0 fully saturated rings. The van der Waals surface area contributed by atoms with Gasteiger partial charge in [0.1, 0.15) is 5.41 Å². The minimum Gasteiger partial charge on any atom is -0.480 e. The van der Waals surface area contributed by atoms with Crippen LogP contribution in [0.15, 0.2) is 48.5 Å². The summed E-state index contributed by atoms with van der Waals surface area (Å²) in [5.74, 6) is -0.987. The zero-order chi connectivity index (χ0) is 19.2. The molecule has 5 heteroatoms. The van der Waals surface area contributed by atoms with Gasteiger partial charge in [0.15, 0.2) is 0 Å². The number of hydrogen-bond acceptors (Lipinski definition) is 2. The van der Waals surface area contributed by atoms with E-state index in [0.29, 0.717) is 12.8 Å². The molecule has 0 spiro atoms. The highest BCUT2D eigenvalue weighted by Crippen LogP contribution is 2.51. The second-order valence-electron chi connectivity index (χ2n) is 6.27. The predicted molar refractivity (Wildman–Crippen MR) is 107 cm³/mol. The Kier molecular flexibility index (Phi) is 6.98. The molecule has 2 aromatic rings. The van der Waals surface area contributed by atoms with Crippen molar-refractivity contribution in [2.24, 2.45) is 5.73 Å². The molecule has 0 saturated carbocycles. The summed E-state index contributed by atoms with van der Waals surface area (Å²) < 4.78 is 0. The summed E-state index contributed by atoms with van der Waals surface area (Å²) in [4.78, 5) is 21.8. The van der Waals surface area contributed by atoms with Crippen molar-refractivity contribution < 1.29 is 14.7 Å². The average Bonchev–Trinajstić information content (AvgIpc) is 2.94. The van der Waals surface area contributed by atoms with Gasteiger partial charge in [-0.3, -0.25) is 9.59 Å². The molecule has 0 heterocycles. The largest absolute Gasteiger partial charge is 0.480 e. The number of hydrogen-bond donors (Lipinski definition) is 2. The number of amides is 1. The van der Waals surface area contributed by atoms with Gasteiger partial charge in [-0.05, 0) is 35.1 Å². The molecule has 0 aliphatic heterocycles. The zero-order valence-electron chi connectivity index (χ0n) is 14.9. The van der Waals surface area contributed by atoms with Gasteiger partial charge in [-0.1, -0.05) is 77.8 Å². The number of carboxylic acids is 1. The molecule has 0 radical (unpaired) electrons. The molecule has 26 heavy (non-hydrogen) atoms. The highest BCUT2D eigenvalue weighted by molar-refractivity contribution is 9.09. The van der Waals surface area contributed by atoms with Gasteiger partial charge in [-0.25, -0.2) is 0 Å². The maximum atomic E-state index is 12.2. The number of benzene rings is 2. The van der Waals surface area contributed by atoms with Crippen LogP contribution >= 0.6 is 15.9 Å². The molecule has 3 N–H and O–H groups in total. The summed E-state index contributed by atoms with van der Waals surface area (Å²) >= 11 is 3.43. The topological polar surface area (TPSA) is 80.4 Å². The van der Waals surface area contributed by atoms with Gasteiger partial charge in [0, 0.05) is 11.8 Å². The van der Waals surface area contributed by atoms with Crippen LogP contribution in [0.2, 0.25) is 0 Å². The second kappa shape index (κ2) is 8.99.